The zero-order valence-corrected chi connectivity index (χ0v) is 18.9. The molecule has 0 radical (unpaired) electrons. The summed E-state index contributed by atoms with van der Waals surface area (Å²) in [5.41, 5.74) is -0.120. The van der Waals surface area contributed by atoms with Gasteiger partial charge in [-0.25, -0.2) is 0 Å². The highest BCUT2D eigenvalue weighted by Crippen LogP contribution is 2.26. The van der Waals surface area contributed by atoms with Crippen molar-refractivity contribution in [3.8, 4) is 0 Å². The van der Waals surface area contributed by atoms with Crippen molar-refractivity contribution in [1.82, 2.24) is 20.8 Å². The Kier molecular flexibility index (Phi) is 10.5. The van der Waals surface area contributed by atoms with Gasteiger partial charge in [-0.1, -0.05) is 51.8 Å². The van der Waals surface area contributed by atoms with Crippen LogP contribution in [0.25, 0.3) is 0 Å². The maximum absolute atomic E-state index is 13.0. The van der Waals surface area contributed by atoms with Gasteiger partial charge in [0.05, 0.1) is 6.04 Å². The van der Waals surface area contributed by atoms with Gasteiger partial charge in [-0.15, -0.1) is 22.6 Å². The fraction of sp³-hybridized carbons (Fsp3) is 0.789. The summed E-state index contributed by atoms with van der Waals surface area (Å²) in [5, 5.41) is 14.2. The Morgan fingerprint density at radius 1 is 1.21 bits per heavy atom. The van der Waals surface area contributed by atoms with Crippen LogP contribution in [0.2, 0.25) is 0 Å². The molecule has 7 nitrogen and oxygen atoms in total. The van der Waals surface area contributed by atoms with E-state index in [-0.39, 0.29) is 41.3 Å². The molecule has 1 atom stereocenters. The summed E-state index contributed by atoms with van der Waals surface area (Å²) < 4.78 is 5.53. The molecule has 1 fully saturated rings. The first-order valence-electron chi connectivity index (χ1n) is 9.75. The van der Waals surface area contributed by atoms with Gasteiger partial charge in [0.25, 0.3) is 11.1 Å². The second-order valence-electron chi connectivity index (χ2n) is 8.35. The van der Waals surface area contributed by atoms with E-state index in [1.165, 1.54) is 18.2 Å². The van der Waals surface area contributed by atoms with Crippen LogP contribution in [-0.4, -0.2) is 47.3 Å². The monoisotopic (exact) mass is 432 g/mol. The Morgan fingerprint density at radius 3 is 2.50 bits per heavy atom. The number of nitrogens with one attached hydrogen (secondary N) is 2. The molecule has 0 spiro atoms. The van der Waals surface area contributed by atoms with Crippen LogP contribution >= 0.6 is 24.2 Å². The van der Waals surface area contributed by atoms with Crippen LogP contribution in [0.5, 0.6) is 0 Å². The van der Waals surface area contributed by atoms with Gasteiger partial charge in [0.1, 0.15) is 0 Å². The van der Waals surface area contributed by atoms with Gasteiger partial charge in [-0.05, 0) is 31.7 Å². The smallest absolute Gasteiger partial charge is 0.286 e. The molecule has 160 valence electrons. The number of aromatic nitrogens is 2. The SMILES string of the molecule is CNCCSc1nnc(C(=O)C(CC(C)(C)C)NC(=O)C2CCCCC2)o1.Cl. The van der Waals surface area contributed by atoms with Crippen LogP contribution < -0.4 is 10.6 Å². The van der Waals surface area contributed by atoms with E-state index in [2.05, 4.69) is 20.8 Å². The first kappa shape index (κ1) is 24.9. The lowest BCUT2D eigenvalue weighted by atomic mass is 9.85. The van der Waals surface area contributed by atoms with Gasteiger partial charge in [0.15, 0.2) is 0 Å². The van der Waals surface area contributed by atoms with E-state index in [1.807, 2.05) is 27.8 Å². The van der Waals surface area contributed by atoms with Crippen LogP contribution in [-0.2, 0) is 4.79 Å². The molecular weight excluding hydrogens is 400 g/mol. The molecule has 9 heteroatoms. The van der Waals surface area contributed by atoms with Crippen LogP contribution in [0.1, 0.15) is 70.0 Å². The number of amides is 1. The maximum Gasteiger partial charge on any atom is 0.286 e. The van der Waals surface area contributed by atoms with Crippen molar-refractivity contribution in [1.29, 1.82) is 0 Å². The first-order valence-corrected chi connectivity index (χ1v) is 10.7. The van der Waals surface area contributed by atoms with E-state index in [1.54, 1.807) is 0 Å². The summed E-state index contributed by atoms with van der Waals surface area (Å²) in [6.07, 6.45) is 5.66. The number of carbonyl (C=O) groups excluding carboxylic acids is 2. The lowest BCUT2D eigenvalue weighted by Crippen LogP contribution is -2.46. The van der Waals surface area contributed by atoms with Crippen LogP contribution in [0.4, 0.5) is 0 Å². The Bertz CT molecular complexity index is 627. The molecule has 1 aromatic heterocycles. The molecule has 1 amide bonds. The third kappa shape index (κ3) is 8.09. The van der Waals surface area contributed by atoms with Gasteiger partial charge in [0, 0.05) is 18.2 Å². The Hall–Kier alpha value is -1.12. The van der Waals surface area contributed by atoms with E-state index >= 15 is 0 Å². The standard InChI is InChI=1S/C19H32N4O3S.ClH/c1-19(2,3)12-14(21-16(25)13-8-6-5-7-9-13)15(24)17-22-23-18(26-17)27-11-10-20-4;/h13-14,20H,5-12H2,1-4H3,(H,21,25);1H. The summed E-state index contributed by atoms with van der Waals surface area (Å²) in [7, 11) is 1.87. The Morgan fingerprint density at radius 2 is 1.89 bits per heavy atom. The number of thioether (sulfide) groups is 1. The van der Waals surface area contributed by atoms with E-state index < -0.39 is 6.04 Å². The molecule has 0 aliphatic heterocycles. The Balaban J connectivity index is 0.00000392. The molecule has 0 bridgehead atoms. The Labute approximate surface area is 178 Å². The number of nitrogens with zero attached hydrogens (tertiary/aromatic N) is 2. The summed E-state index contributed by atoms with van der Waals surface area (Å²) in [4.78, 5) is 25.6. The fourth-order valence-corrected chi connectivity index (χ4v) is 3.95. The molecule has 28 heavy (non-hydrogen) atoms. The first-order chi connectivity index (χ1) is 12.8. The highest BCUT2D eigenvalue weighted by Gasteiger charge is 2.32. The minimum Gasteiger partial charge on any atom is -0.408 e. The van der Waals surface area contributed by atoms with Crippen molar-refractivity contribution in [2.45, 2.75) is 70.6 Å². The number of ketones is 1. The number of hydrogen-bond acceptors (Lipinski definition) is 7. The quantitative estimate of drug-likeness (QED) is 0.350. The van der Waals surface area contributed by atoms with Crippen LogP contribution in [0, 0.1) is 11.3 Å². The average Bonchev–Trinajstić information content (AvgIpc) is 3.09. The van der Waals surface area contributed by atoms with Crippen LogP contribution in [0.3, 0.4) is 0 Å². The van der Waals surface area contributed by atoms with Crippen molar-refractivity contribution in [3.63, 3.8) is 0 Å². The predicted octanol–water partition coefficient (Wildman–Crippen LogP) is 3.49. The second kappa shape index (κ2) is 11.8. The van der Waals surface area contributed by atoms with Crippen molar-refractivity contribution in [3.05, 3.63) is 5.89 Å². The van der Waals surface area contributed by atoms with Crippen molar-refractivity contribution in [2.24, 2.45) is 11.3 Å². The molecule has 1 saturated carbocycles. The van der Waals surface area contributed by atoms with Gasteiger partial charge in [-0.3, -0.25) is 9.59 Å². The zero-order valence-electron chi connectivity index (χ0n) is 17.2. The topological polar surface area (TPSA) is 97.1 Å². The second-order valence-corrected chi connectivity index (χ2v) is 9.40. The van der Waals surface area contributed by atoms with Crippen molar-refractivity contribution < 1.29 is 14.0 Å². The predicted molar refractivity (Wildman–Crippen MR) is 113 cm³/mol. The highest BCUT2D eigenvalue weighted by molar-refractivity contribution is 7.99. The number of rotatable bonds is 9. The summed E-state index contributed by atoms with van der Waals surface area (Å²) >= 11 is 1.40. The molecule has 1 unspecified atom stereocenters. The molecule has 2 N–H and O–H groups in total. The lowest BCUT2D eigenvalue weighted by Gasteiger charge is -2.27. The minimum atomic E-state index is -0.643. The van der Waals surface area contributed by atoms with Crippen molar-refractivity contribution >= 4 is 35.9 Å². The third-order valence-corrected chi connectivity index (χ3v) is 5.44. The molecular formula is C19H33ClN4O3S. The molecule has 1 aliphatic carbocycles. The molecule has 2 rings (SSSR count). The fourth-order valence-electron chi connectivity index (χ4n) is 3.23. The molecule has 0 aromatic carbocycles. The van der Waals surface area contributed by atoms with E-state index in [4.69, 9.17) is 4.42 Å². The van der Waals surface area contributed by atoms with Gasteiger partial charge < -0.3 is 15.1 Å². The number of halogens is 1. The summed E-state index contributed by atoms with van der Waals surface area (Å²) in [6, 6.07) is -0.643. The third-order valence-electron chi connectivity index (χ3n) is 4.62. The maximum atomic E-state index is 13.0. The van der Waals surface area contributed by atoms with Gasteiger partial charge >= 0.3 is 0 Å². The van der Waals surface area contributed by atoms with E-state index in [0.29, 0.717) is 11.6 Å². The van der Waals surface area contributed by atoms with Crippen LogP contribution in [0.15, 0.2) is 9.64 Å². The van der Waals surface area contributed by atoms with E-state index in [0.717, 1.165) is 38.0 Å². The molecule has 1 aromatic rings. The van der Waals surface area contributed by atoms with Crippen molar-refractivity contribution in [2.75, 3.05) is 19.3 Å². The zero-order chi connectivity index (χ0) is 19.9. The normalized spacial score (nSPS) is 16.3. The lowest BCUT2D eigenvalue weighted by molar-refractivity contribution is -0.126. The largest absolute Gasteiger partial charge is 0.408 e. The average molecular weight is 433 g/mol. The van der Waals surface area contributed by atoms with Gasteiger partial charge in [0.2, 0.25) is 11.7 Å². The van der Waals surface area contributed by atoms with E-state index in [9.17, 15) is 9.59 Å². The van der Waals surface area contributed by atoms with Gasteiger partial charge in [-0.2, -0.15) is 0 Å². The number of carbonyl (C=O) groups is 2. The highest BCUT2D eigenvalue weighted by atomic mass is 35.5. The number of hydrogen-bond donors (Lipinski definition) is 2. The molecule has 1 heterocycles. The summed E-state index contributed by atoms with van der Waals surface area (Å²) in [6.45, 7) is 6.95. The molecule has 0 saturated heterocycles. The minimum absolute atomic E-state index is 0. The number of Topliss-reactive ketones (excluding diaryl/α,β-unsaturated/α-hetero) is 1. The molecule has 1 aliphatic rings. The summed E-state index contributed by atoms with van der Waals surface area (Å²) in [5.74, 6) is 0.419.